The van der Waals surface area contributed by atoms with Crippen LogP contribution in [0.3, 0.4) is 0 Å². The van der Waals surface area contributed by atoms with Crippen LogP contribution in [0.15, 0.2) is 27.6 Å². The van der Waals surface area contributed by atoms with E-state index in [1.54, 1.807) is 6.92 Å². The van der Waals surface area contributed by atoms with Gasteiger partial charge in [0.2, 0.25) is 0 Å². The van der Waals surface area contributed by atoms with E-state index in [0.717, 1.165) is 6.26 Å². The number of amides is 1. The first-order valence-electron chi connectivity index (χ1n) is 4.50. The van der Waals surface area contributed by atoms with Gasteiger partial charge < -0.3 is 9.73 Å². The summed E-state index contributed by atoms with van der Waals surface area (Å²) >= 11 is 0. The third-order valence-corrected chi connectivity index (χ3v) is 1.68. The van der Waals surface area contributed by atoms with Crippen LogP contribution < -0.4 is 10.9 Å². The van der Waals surface area contributed by atoms with Gasteiger partial charge in [-0.2, -0.15) is 0 Å². The Hall–Kier alpha value is -2.02. The molecule has 15 heavy (non-hydrogen) atoms. The molecule has 0 saturated heterocycles. The summed E-state index contributed by atoms with van der Waals surface area (Å²) in [6.45, 7) is 2.23. The Kier molecular flexibility index (Phi) is 4.17. The molecule has 1 N–H and O–H groups in total. The van der Waals surface area contributed by atoms with Gasteiger partial charge in [0, 0.05) is 19.0 Å². The second-order valence-corrected chi connectivity index (χ2v) is 2.78. The summed E-state index contributed by atoms with van der Waals surface area (Å²) in [6.07, 6.45) is 1.75. The van der Waals surface area contributed by atoms with Gasteiger partial charge in [-0.25, -0.2) is 4.79 Å². The van der Waals surface area contributed by atoms with E-state index in [9.17, 15) is 9.59 Å². The maximum atomic E-state index is 11.4. The Morgan fingerprint density at radius 3 is 2.93 bits per heavy atom. The van der Waals surface area contributed by atoms with Crippen molar-refractivity contribution in [2.75, 3.05) is 6.54 Å². The Labute approximate surface area is 87.3 Å². The van der Waals surface area contributed by atoms with Crippen molar-refractivity contribution in [1.82, 2.24) is 5.32 Å². The first kappa shape index (κ1) is 11.1. The number of hydrogen-bond donors (Lipinski definition) is 1. The maximum Gasteiger partial charge on any atom is 0.335 e. The minimum absolute atomic E-state index is 0.267. The van der Waals surface area contributed by atoms with E-state index < -0.39 is 5.63 Å². The molecule has 1 rings (SSSR count). The lowest BCUT2D eigenvalue weighted by Gasteiger charge is -2.00. The van der Waals surface area contributed by atoms with Crippen LogP contribution >= 0.6 is 0 Å². The Morgan fingerprint density at radius 1 is 1.53 bits per heavy atom. The summed E-state index contributed by atoms with van der Waals surface area (Å²) in [5.74, 6) is 5.29. The lowest BCUT2D eigenvalue weighted by molar-refractivity contribution is 0.0952. The minimum atomic E-state index is -0.469. The molecule has 1 aromatic heterocycles. The van der Waals surface area contributed by atoms with Gasteiger partial charge in [0.05, 0.1) is 5.56 Å². The molecule has 0 aromatic carbocycles. The van der Waals surface area contributed by atoms with Gasteiger partial charge in [-0.3, -0.25) is 4.79 Å². The Morgan fingerprint density at radius 2 is 2.33 bits per heavy atom. The van der Waals surface area contributed by atoms with Crippen LogP contribution in [-0.2, 0) is 0 Å². The second kappa shape index (κ2) is 5.66. The molecular weight excluding hydrogens is 194 g/mol. The predicted octanol–water partition coefficient (Wildman–Crippen LogP) is 0.783. The molecule has 0 fully saturated rings. The van der Waals surface area contributed by atoms with Crippen molar-refractivity contribution in [3.8, 4) is 11.8 Å². The maximum absolute atomic E-state index is 11.4. The van der Waals surface area contributed by atoms with Gasteiger partial charge in [0.25, 0.3) is 5.91 Å². The molecule has 4 heteroatoms. The van der Waals surface area contributed by atoms with Gasteiger partial charge in [-0.1, -0.05) is 0 Å². The third-order valence-electron chi connectivity index (χ3n) is 1.68. The van der Waals surface area contributed by atoms with E-state index in [0.29, 0.717) is 18.5 Å². The summed E-state index contributed by atoms with van der Waals surface area (Å²) in [5.41, 5.74) is -0.137. The molecule has 1 aromatic rings. The molecular formula is C11H11NO3. The van der Waals surface area contributed by atoms with E-state index in [1.807, 2.05) is 0 Å². The normalized spacial score (nSPS) is 8.87. The zero-order valence-corrected chi connectivity index (χ0v) is 8.37. The fourth-order valence-electron chi connectivity index (χ4n) is 0.953. The standard InChI is InChI=1S/C11H11NO3/c1-2-3-4-7-12-11(14)9-5-6-10(13)15-8-9/h5-6,8H,4,7H2,1H3,(H,12,14). The van der Waals surface area contributed by atoms with Gasteiger partial charge >= 0.3 is 5.63 Å². The topological polar surface area (TPSA) is 59.3 Å². The number of rotatable bonds is 3. The van der Waals surface area contributed by atoms with Crippen molar-refractivity contribution in [1.29, 1.82) is 0 Å². The first-order valence-corrected chi connectivity index (χ1v) is 4.50. The van der Waals surface area contributed by atoms with E-state index in [4.69, 9.17) is 0 Å². The van der Waals surface area contributed by atoms with Crippen molar-refractivity contribution in [2.45, 2.75) is 13.3 Å². The van der Waals surface area contributed by atoms with E-state index in [2.05, 4.69) is 21.6 Å². The van der Waals surface area contributed by atoms with Crippen molar-refractivity contribution >= 4 is 5.91 Å². The SMILES string of the molecule is CC#CCCNC(=O)c1ccc(=O)oc1. The minimum Gasteiger partial charge on any atom is -0.430 e. The fourth-order valence-corrected chi connectivity index (χ4v) is 0.953. The van der Waals surface area contributed by atoms with Gasteiger partial charge in [0.1, 0.15) is 6.26 Å². The molecule has 1 amide bonds. The van der Waals surface area contributed by atoms with Gasteiger partial charge in [-0.15, -0.1) is 11.8 Å². The summed E-state index contributed by atoms with van der Waals surface area (Å²) in [4.78, 5) is 22.0. The fraction of sp³-hybridized carbons (Fsp3) is 0.273. The van der Waals surface area contributed by atoms with Crippen molar-refractivity contribution in [3.63, 3.8) is 0 Å². The molecule has 0 aliphatic rings. The third kappa shape index (κ3) is 3.69. The highest BCUT2D eigenvalue weighted by Crippen LogP contribution is 1.94. The quantitative estimate of drug-likeness (QED) is 0.586. The molecule has 0 saturated carbocycles. The first-order chi connectivity index (χ1) is 7.24. The van der Waals surface area contributed by atoms with Crippen molar-refractivity contribution in [2.24, 2.45) is 0 Å². The summed E-state index contributed by atoms with van der Waals surface area (Å²) in [5, 5.41) is 2.65. The van der Waals surface area contributed by atoms with E-state index in [-0.39, 0.29) is 5.91 Å². The molecule has 1 heterocycles. The molecule has 78 valence electrons. The lowest BCUT2D eigenvalue weighted by Crippen LogP contribution is -2.24. The average molecular weight is 205 g/mol. The largest absolute Gasteiger partial charge is 0.430 e. The van der Waals surface area contributed by atoms with Crippen LogP contribution in [0, 0.1) is 11.8 Å². The van der Waals surface area contributed by atoms with Crippen LogP contribution in [0.5, 0.6) is 0 Å². The zero-order chi connectivity index (χ0) is 11.1. The Bertz CT molecular complexity index is 430. The monoisotopic (exact) mass is 205 g/mol. The summed E-state index contributed by atoms with van der Waals surface area (Å²) < 4.78 is 4.56. The highest BCUT2D eigenvalue weighted by molar-refractivity contribution is 5.93. The number of carbonyl (C=O) groups is 1. The van der Waals surface area contributed by atoms with E-state index in [1.165, 1.54) is 12.1 Å². The highest BCUT2D eigenvalue weighted by Gasteiger charge is 2.04. The number of nitrogens with one attached hydrogen (secondary N) is 1. The summed E-state index contributed by atoms with van der Waals surface area (Å²) in [7, 11) is 0. The number of carbonyl (C=O) groups excluding carboxylic acids is 1. The molecule has 0 radical (unpaired) electrons. The second-order valence-electron chi connectivity index (χ2n) is 2.78. The zero-order valence-electron chi connectivity index (χ0n) is 8.37. The van der Waals surface area contributed by atoms with Crippen molar-refractivity contribution < 1.29 is 9.21 Å². The van der Waals surface area contributed by atoms with Crippen LogP contribution in [-0.4, -0.2) is 12.5 Å². The van der Waals surface area contributed by atoms with Crippen molar-refractivity contribution in [3.05, 3.63) is 34.4 Å². The molecule has 0 aliphatic heterocycles. The molecule has 0 unspecified atom stereocenters. The lowest BCUT2D eigenvalue weighted by atomic mass is 10.3. The molecule has 4 nitrogen and oxygen atoms in total. The van der Waals surface area contributed by atoms with Crippen LogP contribution in [0.25, 0.3) is 0 Å². The summed E-state index contributed by atoms with van der Waals surface area (Å²) in [6, 6.07) is 2.63. The molecule has 0 bridgehead atoms. The van der Waals surface area contributed by atoms with Crippen LogP contribution in [0.1, 0.15) is 23.7 Å². The van der Waals surface area contributed by atoms with Gasteiger partial charge in [-0.05, 0) is 13.0 Å². The molecule has 0 spiro atoms. The average Bonchev–Trinajstić information content (AvgIpc) is 2.25. The predicted molar refractivity (Wildman–Crippen MR) is 55.4 cm³/mol. The van der Waals surface area contributed by atoms with Crippen LogP contribution in [0.4, 0.5) is 0 Å². The van der Waals surface area contributed by atoms with Crippen LogP contribution in [0.2, 0.25) is 0 Å². The highest BCUT2D eigenvalue weighted by atomic mass is 16.4. The smallest absolute Gasteiger partial charge is 0.335 e. The molecule has 0 aliphatic carbocycles. The van der Waals surface area contributed by atoms with Gasteiger partial charge in [0.15, 0.2) is 0 Å². The Balaban J connectivity index is 2.49. The number of hydrogen-bond acceptors (Lipinski definition) is 3. The van der Waals surface area contributed by atoms with E-state index >= 15 is 0 Å². The molecule has 0 atom stereocenters.